The van der Waals surface area contributed by atoms with Crippen LogP contribution in [0.4, 0.5) is 0 Å². The molecule has 0 aliphatic carbocycles. The molecule has 0 radical (unpaired) electrons. The van der Waals surface area contributed by atoms with Crippen molar-refractivity contribution in [2.24, 2.45) is 0 Å². The summed E-state index contributed by atoms with van der Waals surface area (Å²) in [6, 6.07) is 11.6. The topological polar surface area (TPSA) is 70.0 Å². The van der Waals surface area contributed by atoms with Crippen molar-refractivity contribution in [3.8, 4) is 17.2 Å². The van der Waals surface area contributed by atoms with Gasteiger partial charge in [0.15, 0.2) is 0 Å². The van der Waals surface area contributed by atoms with Crippen LogP contribution in [0.2, 0.25) is 0 Å². The van der Waals surface area contributed by atoms with Crippen molar-refractivity contribution in [3.63, 3.8) is 0 Å². The van der Waals surface area contributed by atoms with Crippen molar-refractivity contribution < 1.29 is 19.7 Å². The summed E-state index contributed by atoms with van der Waals surface area (Å²) >= 11 is 6.50. The van der Waals surface area contributed by atoms with Gasteiger partial charge in [0, 0.05) is 11.6 Å². The lowest BCUT2D eigenvalue weighted by Gasteiger charge is -2.14. The minimum atomic E-state index is -0.210. The third kappa shape index (κ3) is 3.78. The van der Waals surface area contributed by atoms with Gasteiger partial charge in [0.05, 0.1) is 18.6 Å². The molecule has 128 valence electrons. The number of phenols is 2. The van der Waals surface area contributed by atoms with E-state index in [1.807, 2.05) is 24.3 Å². The van der Waals surface area contributed by atoms with Crippen LogP contribution in [0.1, 0.15) is 11.1 Å². The highest BCUT2D eigenvalue weighted by Gasteiger charge is 2.32. The van der Waals surface area contributed by atoms with E-state index in [0.717, 1.165) is 11.3 Å². The number of hydrogen-bond donors (Lipinski definition) is 2. The van der Waals surface area contributed by atoms with E-state index in [0.29, 0.717) is 21.3 Å². The van der Waals surface area contributed by atoms with Crippen LogP contribution >= 0.6 is 24.0 Å². The molecule has 0 aromatic heterocycles. The molecule has 1 fully saturated rings. The van der Waals surface area contributed by atoms with Crippen LogP contribution in [0.5, 0.6) is 17.2 Å². The summed E-state index contributed by atoms with van der Waals surface area (Å²) in [7, 11) is 1.60. The third-order valence-corrected chi connectivity index (χ3v) is 5.05. The lowest BCUT2D eigenvalue weighted by Crippen LogP contribution is -2.27. The molecule has 3 rings (SSSR count). The first-order valence-corrected chi connectivity index (χ1v) is 8.60. The monoisotopic (exact) mass is 373 g/mol. The minimum absolute atomic E-state index is 0.0401. The summed E-state index contributed by atoms with van der Waals surface area (Å²) < 4.78 is 5.59. The molecule has 2 N–H and O–H groups in total. The Hall–Kier alpha value is -2.51. The first-order chi connectivity index (χ1) is 12.0. The highest BCUT2D eigenvalue weighted by atomic mass is 32.2. The summed E-state index contributed by atoms with van der Waals surface area (Å²) in [5.74, 6) is 0.400. The van der Waals surface area contributed by atoms with Gasteiger partial charge in [0.2, 0.25) is 0 Å². The van der Waals surface area contributed by atoms with Gasteiger partial charge < -0.3 is 14.9 Å². The molecule has 5 nitrogen and oxygen atoms in total. The second kappa shape index (κ2) is 7.16. The number of aromatic hydroxyl groups is 2. The van der Waals surface area contributed by atoms with Crippen molar-refractivity contribution >= 4 is 40.3 Å². The van der Waals surface area contributed by atoms with Crippen molar-refractivity contribution in [3.05, 3.63) is 58.5 Å². The van der Waals surface area contributed by atoms with Crippen LogP contribution in [0, 0.1) is 0 Å². The van der Waals surface area contributed by atoms with Gasteiger partial charge in [-0.25, -0.2) is 0 Å². The number of rotatable bonds is 4. The van der Waals surface area contributed by atoms with E-state index in [2.05, 4.69) is 0 Å². The molecule has 0 saturated carbocycles. The number of thiocarbonyl (C=S) groups is 1. The summed E-state index contributed by atoms with van der Waals surface area (Å²) in [5, 5.41) is 19.2. The standard InChI is InChI=1S/C18H15NO4S2/c1-23-14-6-2-11(3-7-14)10-19-17(22)16(25-18(19)24)8-12-4-5-13(20)9-15(12)21/h2-9,20-21H,10H2,1H3. The SMILES string of the molecule is COc1ccc(CN2C(=O)C(=Cc3ccc(O)cc3O)SC2=S)cc1. The van der Waals surface area contributed by atoms with E-state index in [1.165, 1.54) is 28.8 Å². The molecule has 7 heteroatoms. The predicted molar refractivity (Wildman–Crippen MR) is 101 cm³/mol. The van der Waals surface area contributed by atoms with Crippen LogP contribution in [0.3, 0.4) is 0 Å². The van der Waals surface area contributed by atoms with Crippen LogP contribution < -0.4 is 4.74 Å². The average molecular weight is 373 g/mol. The first-order valence-electron chi connectivity index (χ1n) is 7.38. The number of benzene rings is 2. The van der Waals surface area contributed by atoms with Gasteiger partial charge in [-0.3, -0.25) is 9.69 Å². The zero-order valence-corrected chi connectivity index (χ0v) is 14.9. The van der Waals surface area contributed by atoms with Gasteiger partial charge >= 0.3 is 0 Å². The fourth-order valence-corrected chi connectivity index (χ4v) is 3.59. The molecule has 2 aromatic carbocycles. The summed E-state index contributed by atoms with van der Waals surface area (Å²) in [5.41, 5.74) is 1.38. The second-order valence-electron chi connectivity index (χ2n) is 5.36. The van der Waals surface area contributed by atoms with Crippen LogP contribution in [0.15, 0.2) is 47.4 Å². The second-order valence-corrected chi connectivity index (χ2v) is 7.03. The lowest BCUT2D eigenvalue weighted by atomic mass is 10.1. The quantitative estimate of drug-likeness (QED) is 0.631. The first kappa shape index (κ1) is 17.3. The maximum absolute atomic E-state index is 12.6. The zero-order valence-electron chi connectivity index (χ0n) is 13.3. The Balaban J connectivity index is 1.80. The lowest BCUT2D eigenvalue weighted by molar-refractivity contribution is -0.122. The van der Waals surface area contributed by atoms with Gasteiger partial charge in [-0.15, -0.1) is 0 Å². The summed E-state index contributed by atoms with van der Waals surface area (Å²) in [6.07, 6.45) is 1.57. The number of ether oxygens (including phenoxy) is 1. The summed E-state index contributed by atoms with van der Waals surface area (Å²) in [4.78, 5) is 14.6. The fraction of sp³-hybridized carbons (Fsp3) is 0.111. The number of nitrogens with zero attached hydrogens (tertiary/aromatic N) is 1. The highest BCUT2D eigenvalue weighted by molar-refractivity contribution is 8.26. The molecule has 25 heavy (non-hydrogen) atoms. The van der Waals surface area contributed by atoms with E-state index in [1.54, 1.807) is 19.3 Å². The fourth-order valence-electron chi connectivity index (χ4n) is 2.35. The number of methoxy groups -OCH3 is 1. The Morgan fingerprint density at radius 1 is 1.20 bits per heavy atom. The molecular weight excluding hydrogens is 358 g/mol. The molecule has 1 aliphatic heterocycles. The van der Waals surface area contributed by atoms with E-state index in [-0.39, 0.29) is 17.4 Å². The van der Waals surface area contributed by atoms with Gasteiger partial charge in [0.1, 0.15) is 21.6 Å². The Morgan fingerprint density at radius 3 is 2.56 bits per heavy atom. The maximum Gasteiger partial charge on any atom is 0.266 e. The van der Waals surface area contributed by atoms with Crippen molar-refractivity contribution in [2.45, 2.75) is 6.54 Å². The highest BCUT2D eigenvalue weighted by Crippen LogP contribution is 2.35. The maximum atomic E-state index is 12.6. The Labute approximate surface area is 154 Å². The molecule has 0 spiro atoms. The normalized spacial score (nSPS) is 15.9. The molecule has 1 aliphatic rings. The van der Waals surface area contributed by atoms with E-state index in [9.17, 15) is 15.0 Å². The minimum Gasteiger partial charge on any atom is -0.508 e. The van der Waals surface area contributed by atoms with Crippen molar-refractivity contribution in [1.82, 2.24) is 4.90 Å². The number of thioether (sulfide) groups is 1. The van der Waals surface area contributed by atoms with E-state index >= 15 is 0 Å². The smallest absolute Gasteiger partial charge is 0.266 e. The molecular formula is C18H15NO4S2. The number of amides is 1. The Bertz CT molecular complexity index is 862. The van der Waals surface area contributed by atoms with E-state index < -0.39 is 0 Å². The van der Waals surface area contributed by atoms with Gasteiger partial charge in [-0.2, -0.15) is 0 Å². The van der Waals surface area contributed by atoms with Crippen LogP contribution in [-0.2, 0) is 11.3 Å². The Morgan fingerprint density at radius 2 is 1.92 bits per heavy atom. The molecule has 1 amide bonds. The summed E-state index contributed by atoms with van der Waals surface area (Å²) in [6.45, 7) is 0.369. The number of carbonyl (C=O) groups is 1. The van der Waals surface area contributed by atoms with E-state index in [4.69, 9.17) is 17.0 Å². The average Bonchev–Trinajstić information content (AvgIpc) is 2.85. The predicted octanol–water partition coefficient (Wildman–Crippen LogP) is 3.51. The molecule has 1 heterocycles. The molecule has 2 aromatic rings. The van der Waals surface area contributed by atoms with Crippen molar-refractivity contribution in [2.75, 3.05) is 7.11 Å². The number of carbonyl (C=O) groups excluding carboxylic acids is 1. The Kier molecular flexibility index (Phi) is 4.96. The number of phenolic OH excluding ortho intramolecular Hbond substituents is 2. The van der Waals surface area contributed by atoms with Crippen LogP contribution in [-0.4, -0.2) is 32.5 Å². The molecule has 1 saturated heterocycles. The zero-order chi connectivity index (χ0) is 18.0. The molecule has 0 atom stereocenters. The molecule has 0 bridgehead atoms. The number of hydrogen-bond acceptors (Lipinski definition) is 6. The molecule has 0 unspecified atom stereocenters. The largest absolute Gasteiger partial charge is 0.508 e. The van der Waals surface area contributed by atoms with Gasteiger partial charge in [0.25, 0.3) is 5.91 Å². The third-order valence-electron chi connectivity index (χ3n) is 3.67. The van der Waals surface area contributed by atoms with Gasteiger partial charge in [-0.05, 0) is 35.9 Å². The van der Waals surface area contributed by atoms with Crippen LogP contribution in [0.25, 0.3) is 6.08 Å². The van der Waals surface area contributed by atoms with Gasteiger partial charge in [-0.1, -0.05) is 36.1 Å². The van der Waals surface area contributed by atoms with Crippen molar-refractivity contribution in [1.29, 1.82) is 0 Å².